The third-order valence-corrected chi connectivity index (χ3v) is 5.42. The molecule has 1 fully saturated rings. The summed E-state index contributed by atoms with van der Waals surface area (Å²) in [6, 6.07) is 13.6. The SMILES string of the molecule is Cc1ccc(CNC(=O)c2nc(C(=O)N3CCCCCC3)c3ccccn23)cc1. The molecule has 1 aromatic carbocycles. The summed E-state index contributed by atoms with van der Waals surface area (Å²) in [5.41, 5.74) is 3.22. The van der Waals surface area contributed by atoms with Gasteiger partial charge in [-0.25, -0.2) is 4.98 Å². The van der Waals surface area contributed by atoms with Crippen LogP contribution in [-0.2, 0) is 6.54 Å². The van der Waals surface area contributed by atoms with Gasteiger partial charge >= 0.3 is 0 Å². The topological polar surface area (TPSA) is 66.7 Å². The fourth-order valence-electron chi connectivity index (χ4n) is 3.75. The molecular formula is C23H26N4O2. The van der Waals surface area contributed by atoms with Crippen molar-refractivity contribution in [2.24, 2.45) is 0 Å². The predicted octanol–water partition coefficient (Wildman–Crippen LogP) is 3.59. The molecule has 0 aliphatic carbocycles. The van der Waals surface area contributed by atoms with Gasteiger partial charge in [-0.3, -0.25) is 14.0 Å². The van der Waals surface area contributed by atoms with Gasteiger partial charge in [-0.05, 0) is 37.5 Å². The smallest absolute Gasteiger partial charge is 0.287 e. The van der Waals surface area contributed by atoms with Crippen LogP contribution >= 0.6 is 0 Å². The molecule has 3 aromatic rings. The van der Waals surface area contributed by atoms with Crippen LogP contribution in [0.2, 0.25) is 0 Å². The highest BCUT2D eigenvalue weighted by molar-refractivity contribution is 6.02. The van der Waals surface area contributed by atoms with Crippen LogP contribution in [0.15, 0.2) is 48.7 Å². The van der Waals surface area contributed by atoms with Crippen molar-refractivity contribution < 1.29 is 9.59 Å². The molecule has 1 aliphatic rings. The Kier molecular flexibility index (Phi) is 5.60. The van der Waals surface area contributed by atoms with Gasteiger partial charge in [0.15, 0.2) is 5.69 Å². The summed E-state index contributed by atoms with van der Waals surface area (Å²) in [7, 11) is 0. The average Bonchev–Trinajstić information content (AvgIpc) is 2.92. The van der Waals surface area contributed by atoms with Gasteiger partial charge in [0.05, 0.1) is 5.52 Å². The van der Waals surface area contributed by atoms with Crippen molar-refractivity contribution in [2.45, 2.75) is 39.2 Å². The van der Waals surface area contributed by atoms with Gasteiger partial charge in [0, 0.05) is 25.8 Å². The number of hydrogen-bond donors (Lipinski definition) is 1. The van der Waals surface area contributed by atoms with Crippen LogP contribution < -0.4 is 5.32 Å². The highest BCUT2D eigenvalue weighted by atomic mass is 16.2. The average molecular weight is 390 g/mol. The summed E-state index contributed by atoms with van der Waals surface area (Å²) in [5.74, 6) is -0.138. The number of benzene rings is 1. The number of aromatic nitrogens is 2. The fraction of sp³-hybridized carbons (Fsp3) is 0.348. The van der Waals surface area contributed by atoms with Crippen molar-refractivity contribution in [3.05, 3.63) is 71.3 Å². The Morgan fingerprint density at radius 1 is 1.00 bits per heavy atom. The monoisotopic (exact) mass is 390 g/mol. The number of rotatable bonds is 4. The third kappa shape index (κ3) is 4.16. The second-order valence-corrected chi connectivity index (χ2v) is 7.61. The zero-order valence-electron chi connectivity index (χ0n) is 16.7. The van der Waals surface area contributed by atoms with Crippen LogP contribution in [0.1, 0.15) is 57.9 Å². The molecule has 150 valence electrons. The first-order valence-electron chi connectivity index (χ1n) is 10.2. The van der Waals surface area contributed by atoms with E-state index in [1.807, 2.05) is 54.3 Å². The van der Waals surface area contributed by atoms with Gasteiger partial charge in [-0.15, -0.1) is 0 Å². The van der Waals surface area contributed by atoms with E-state index < -0.39 is 0 Å². The molecule has 2 aromatic heterocycles. The predicted molar refractivity (Wildman–Crippen MR) is 112 cm³/mol. The molecule has 0 atom stereocenters. The zero-order valence-corrected chi connectivity index (χ0v) is 16.7. The van der Waals surface area contributed by atoms with Crippen LogP contribution in [0.5, 0.6) is 0 Å². The number of amides is 2. The van der Waals surface area contributed by atoms with E-state index in [1.54, 1.807) is 10.6 Å². The second-order valence-electron chi connectivity index (χ2n) is 7.61. The first kappa shape index (κ1) is 19.2. The zero-order chi connectivity index (χ0) is 20.2. The van der Waals surface area contributed by atoms with E-state index in [9.17, 15) is 9.59 Å². The van der Waals surface area contributed by atoms with E-state index in [-0.39, 0.29) is 17.6 Å². The van der Waals surface area contributed by atoms with Gasteiger partial charge < -0.3 is 10.2 Å². The molecule has 1 aliphatic heterocycles. The Balaban J connectivity index is 1.58. The van der Waals surface area contributed by atoms with E-state index in [2.05, 4.69) is 10.3 Å². The van der Waals surface area contributed by atoms with Gasteiger partial charge in [0.2, 0.25) is 5.82 Å². The number of fused-ring (bicyclic) bond motifs is 1. The number of carbonyl (C=O) groups excluding carboxylic acids is 2. The van der Waals surface area contributed by atoms with E-state index in [4.69, 9.17) is 0 Å². The summed E-state index contributed by atoms with van der Waals surface area (Å²) in [4.78, 5) is 32.3. The first-order valence-corrected chi connectivity index (χ1v) is 10.2. The van der Waals surface area contributed by atoms with Crippen molar-refractivity contribution in [1.29, 1.82) is 0 Å². The van der Waals surface area contributed by atoms with Crippen LogP contribution in [-0.4, -0.2) is 39.2 Å². The van der Waals surface area contributed by atoms with E-state index in [0.29, 0.717) is 17.8 Å². The van der Waals surface area contributed by atoms with Crippen molar-refractivity contribution in [2.75, 3.05) is 13.1 Å². The number of imidazole rings is 1. The summed E-state index contributed by atoms with van der Waals surface area (Å²) >= 11 is 0. The van der Waals surface area contributed by atoms with Crippen molar-refractivity contribution in [1.82, 2.24) is 19.6 Å². The molecule has 4 rings (SSSR count). The summed E-state index contributed by atoms with van der Waals surface area (Å²) < 4.78 is 1.70. The number of nitrogens with one attached hydrogen (secondary N) is 1. The standard InChI is InChI=1S/C23H26N4O2/c1-17-9-11-18(12-10-17)16-24-22(28)21-25-20(19-8-4-7-15-27(19)21)23(29)26-13-5-2-3-6-14-26/h4,7-12,15H,2-3,5-6,13-14,16H2,1H3,(H,24,28). The summed E-state index contributed by atoms with van der Waals surface area (Å²) in [5, 5.41) is 2.92. The Morgan fingerprint density at radius 3 is 2.45 bits per heavy atom. The lowest BCUT2D eigenvalue weighted by Crippen LogP contribution is -2.32. The van der Waals surface area contributed by atoms with Crippen LogP contribution in [0.25, 0.3) is 5.52 Å². The number of hydrogen-bond acceptors (Lipinski definition) is 3. The van der Waals surface area contributed by atoms with E-state index in [1.165, 1.54) is 5.56 Å². The normalized spacial score (nSPS) is 14.6. The van der Waals surface area contributed by atoms with Gasteiger partial charge in [-0.2, -0.15) is 0 Å². The lowest BCUT2D eigenvalue weighted by molar-refractivity contribution is 0.0758. The van der Waals surface area contributed by atoms with Crippen molar-refractivity contribution in [3.8, 4) is 0 Å². The van der Waals surface area contributed by atoms with E-state index in [0.717, 1.165) is 44.3 Å². The Morgan fingerprint density at radius 2 is 1.72 bits per heavy atom. The number of carbonyl (C=O) groups is 2. The highest BCUT2D eigenvalue weighted by Crippen LogP contribution is 2.18. The third-order valence-electron chi connectivity index (χ3n) is 5.42. The van der Waals surface area contributed by atoms with Gasteiger partial charge in [-0.1, -0.05) is 48.7 Å². The van der Waals surface area contributed by atoms with Crippen molar-refractivity contribution in [3.63, 3.8) is 0 Å². The van der Waals surface area contributed by atoms with Crippen LogP contribution in [0.3, 0.4) is 0 Å². The Bertz CT molecular complexity index is 1020. The molecule has 0 radical (unpaired) electrons. The van der Waals surface area contributed by atoms with Crippen LogP contribution in [0.4, 0.5) is 0 Å². The number of aryl methyl sites for hydroxylation is 1. The molecule has 1 saturated heterocycles. The van der Waals surface area contributed by atoms with Gasteiger partial charge in [0.1, 0.15) is 0 Å². The molecule has 2 amide bonds. The fourth-order valence-corrected chi connectivity index (χ4v) is 3.75. The van der Waals surface area contributed by atoms with Gasteiger partial charge in [0.25, 0.3) is 11.8 Å². The Hall–Kier alpha value is -3.15. The molecule has 29 heavy (non-hydrogen) atoms. The Labute approximate surface area is 170 Å². The molecule has 6 heteroatoms. The quantitative estimate of drug-likeness (QED) is 0.740. The summed E-state index contributed by atoms with van der Waals surface area (Å²) in [6.45, 7) is 3.94. The molecule has 1 N–H and O–H groups in total. The lowest BCUT2D eigenvalue weighted by Gasteiger charge is -2.19. The molecular weight excluding hydrogens is 364 g/mol. The minimum Gasteiger partial charge on any atom is -0.345 e. The minimum absolute atomic E-state index is 0.0896. The number of pyridine rings is 1. The number of nitrogens with zero attached hydrogens (tertiary/aromatic N) is 3. The summed E-state index contributed by atoms with van der Waals surface area (Å²) in [6.07, 6.45) is 6.12. The molecule has 3 heterocycles. The van der Waals surface area contributed by atoms with E-state index >= 15 is 0 Å². The van der Waals surface area contributed by atoms with Crippen molar-refractivity contribution >= 4 is 17.3 Å². The maximum Gasteiger partial charge on any atom is 0.287 e. The minimum atomic E-state index is -0.290. The maximum absolute atomic E-state index is 13.1. The molecule has 0 spiro atoms. The molecule has 0 bridgehead atoms. The molecule has 0 unspecified atom stereocenters. The second kappa shape index (κ2) is 8.47. The van der Waals surface area contributed by atoms with Crippen LogP contribution in [0, 0.1) is 6.92 Å². The maximum atomic E-state index is 13.1. The first-order chi connectivity index (χ1) is 14.1. The number of likely N-dealkylation sites (tertiary alicyclic amines) is 1. The highest BCUT2D eigenvalue weighted by Gasteiger charge is 2.25. The lowest BCUT2D eigenvalue weighted by atomic mass is 10.1. The molecule has 6 nitrogen and oxygen atoms in total. The largest absolute Gasteiger partial charge is 0.345 e. The molecule has 0 saturated carbocycles.